The maximum atomic E-state index is 13.0. The Morgan fingerprint density at radius 1 is 1.32 bits per heavy atom. The van der Waals surface area contributed by atoms with Gasteiger partial charge in [-0.15, -0.1) is 0 Å². The molecule has 1 atom stereocenters. The van der Waals surface area contributed by atoms with Gasteiger partial charge in [0.05, 0.1) is 11.2 Å². The van der Waals surface area contributed by atoms with E-state index in [-0.39, 0.29) is 11.4 Å². The second-order valence-corrected chi connectivity index (χ2v) is 7.72. The van der Waals surface area contributed by atoms with E-state index < -0.39 is 0 Å². The summed E-state index contributed by atoms with van der Waals surface area (Å²) in [6, 6.07) is 8.29. The molecule has 2 aliphatic carbocycles. The number of amides is 1. The summed E-state index contributed by atoms with van der Waals surface area (Å²) in [5.41, 5.74) is 10.7. The number of hydrogen-bond acceptors (Lipinski definition) is 3. The minimum atomic E-state index is -0.323. The molecule has 0 radical (unpaired) electrons. The van der Waals surface area contributed by atoms with E-state index in [2.05, 4.69) is 43.4 Å². The lowest BCUT2D eigenvalue weighted by Gasteiger charge is -2.29. The number of benzene rings is 1. The smallest absolute Gasteiger partial charge is 0.272 e. The van der Waals surface area contributed by atoms with Crippen molar-refractivity contribution in [2.45, 2.75) is 51.5 Å². The Bertz CT molecular complexity index is 804. The van der Waals surface area contributed by atoms with Crippen LogP contribution in [0.2, 0.25) is 0 Å². The van der Waals surface area contributed by atoms with Crippen LogP contribution in [0.1, 0.15) is 53.5 Å². The second kappa shape index (κ2) is 5.99. The van der Waals surface area contributed by atoms with Gasteiger partial charge < -0.3 is 11.1 Å². The van der Waals surface area contributed by atoms with Crippen LogP contribution in [0.25, 0.3) is 5.69 Å². The van der Waals surface area contributed by atoms with Crippen molar-refractivity contribution in [2.75, 3.05) is 6.54 Å². The number of carbonyl (C=O) groups excluding carboxylic acids is 1. The fraction of sp³-hybridized carbons (Fsp3) is 0.500. The third kappa shape index (κ3) is 2.86. The van der Waals surface area contributed by atoms with Gasteiger partial charge in [0, 0.05) is 17.8 Å². The molecule has 0 aliphatic heterocycles. The van der Waals surface area contributed by atoms with Gasteiger partial charge >= 0.3 is 0 Å². The average molecular weight is 338 g/mol. The number of carbonyl (C=O) groups is 1. The van der Waals surface area contributed by atoms with Gasteiger partial charge in [0.1, 0.15) is 0 Å². The van der Waals surface area contributed by atoms with Crippen LogP contribution in [0.3, 0.4) is 0 Å². The highest BCUT2D eigenvalue weighted by Crippen LogP contribution is 2.39. The van der Waals surface area contributed by atoms with E-state index in [0.29, 0.717) is 18.2 Å². The number of hydrogen-bond donors (Lipinski definition) is 2. The Morgan fingerprint density at radius 2 is 2.04 bits per heavy atom. The van der Waals surface area contributed by atoms with Gasteiger partial charge in [0.15, 0.2) is 5.69 Å². The van der Waals surface area contributed by atoms with Crippen LogP contribution in [0.5, 0.6) is 0 Å². The molecule has 4 rings (SSSR count). The number of aromatic nitrogens is 2. The van der Waals surface area contributed by atoms with Crippen molar-refractivity contribution in [1.82, 2.24) is 15.1 Å². The highest BCUT2D eigenvalue weighted by molar-refractivity contribution is 5.95. The van der Waals surface area contributed by atoms with Crippen LogP contribution >= 0.6 is 0 Å². The molecular formula is C20H26N4O. The molecule has 0 spiro atoms. The first-order chi connectivity index (χ1) is 12.0. The van der Waals surface area contributed by atoms with Crippen LogP contribution in [-0.2, 0) is 12.8 Å². The lowest BCUT2D eigenvalue weighted by molar-refractivity contribution is 0.0891. The van der Waals surface area contributed by atoms with Gasteiger partial charge in [-0.2, -0.15) is 5.10 Å². The van der Waals surface area contributed by atoms with Crippen molar-refractivity contribution < 1.29 is 4.79 Å². The number of rotatable bonds is 5. The Morgan fingerprint density at radius 3 is 2.68 bits per heavy atom. The van der Waals surface area contributed by atoms with Gasteiger partial charge in [0.2, 0.25) is 0 Å². The Hall–Kier alpha value is -2.14. The fourth-order valence-electron chi connectivity index (χ4n) is 3.88. The van der Waals surface area contributed by atoms with Crippen LogP contribution in [0.4, 0.5) is 0 Å². The molecular weight excluding hydrogens is 312 g/mol. The Kier molecular flexibility index (Phi) is 3.91. The van der Waals surface area contributed by atoms with Crippen molar-refractivity contribution in [3.05, 3.63) is 46.8 Å². The van der Waals surface area contributed by atoms with Gasteiger partial charge in [-0.05, 0) is 64.0 Å². The highest BCUT2D eigenvalue weighted by Gasteiger charge is 2.42. The maximum absolute atomic E-state index is 13.0. The molecule has 132 valence electrons. The quantitative estimate of drug-likeness (QED) is 0.880. The van der Waals surface area contributed by atoms with Crippen LogP contribution in [0, 0.1) is 12.8 Å². The first-order valence-corrected chi connectivity index (χ1v) is 9.22. The van der Waals surface area contributed by atoms with E-state index in [1.807, 2.05) is 4.68 Å². The summed E-state index contributed by atoms with van der Waals surface area (Å²) in [4.78, 5) is 13.0. The zero-order chi connectivity index (χ0) is 17.6. The SMILES string of the molecule is Cc1ccc(-n2nc(C(=O)NC(C)(CN)C3CC3)c3c2CCC3)cc1. The van der Waals surface area contributed by atoms with Gasteiger partial charge in [0.25, 0.3) is 5.91 Å². The summed E-state index contributed by atoms with van der Waals surface area (Å²) in [5, 5.41) is 7.88. The first-order valence-electron chi connectivity index (χ1n) is 9.22. The molecule has 1 amide bonds. The molecule has 25 heavy (non-hydrogen) atoms. The third-order valence-electron chi connectivity index (χ3n) is 5.73. The Balaban J connectivity index is 1.67. The topological polar surface area (TPSA) is 72.9 Å². The van der Waals surface area contributed by atoms with E-state index in [1.54, 1.807) is 0 Å². The van der Waals surface area contributed by atoms with Crippen molar-refractivity contribution in [3.63, 3.8) is 0 Å². The number of nitrogens with two attached hydrogens (primary N) is 1. The zero-order valence-corrected chi connectivity index (χ0v) is 15.0. The standard InChI is InChI=1S/C20H26N4O/c1-13-6-10-15(11-7-13)24-17-5-3-4-16(17)18(23-24)19(25)22-20(2,12-21)14-8-9-14/h6-7,10-11,14H,3-5,8-9,12,21H2,1-2H3,(H,22,25). The van der Waals surface area contributed by atoms with Gasteiger partial charge in [-0.1, -0.05) is 17.7 Å². The fourth-order valence-corrected chi connectivity index (χ4v) is 3.88. The van der Waals surface area contributed by atoms with Crippen molar-refractivity contribution in [2.24, 2.45) is 11.7 Å². The number of fused-ring (bicyclic) bond motifs is 1. The van der Waals surface area contributed by atoms with Gasteiger partial charge in [-0.25, -0.2) is 4.68 Å². The normalized spacial score (nSPS) is 18.7. The Labute approximate surface area is 148 Å². The van der Waals surface area contributed by atoms with Crippen molar-refractivity contribution in [3.8, 4) is 5.69 Å². The molecule has 5 heteroatoms. The lowest BCUT2D eigenvalue weighted by Crippen LogP contribution is -2.53. The molecule has 1 saturated carbocycles. The molecule has 5 nitrogen and oxygen atoms in total. The number of aryl methyl sites for hydroxylation is 1. The van der Waals surface area contributed by atoms with Crippen LogP contribution in [-0.4, -0.2) is 27.8 Å². The van der Waals surface area contributed by atoms with E-state index >= 15 is 0 Å². The maximum Gasteiger partial charge on any atom is 0.272 e. The number of nitrogens with one attached hydrogen (secondary N) is 1. The zero-order valence-electron chi connectivity index (χ0n) is 15.0. The molecule has 1 aromatic carbocycles. The van der Waals surface area contributed by atoms with E-state index in [9.17, 15) is 4.79 Å². The van der Waals surface area contributed by atoms with E-state index in [1.165, 1.54) is 11.3 Å². The highest BCUT2D eigenvalue weighted by atomic mass is 16.2. The average Bonchev–Trinajstić information content (AvgIpc) is 3.25. The lowest BCUT2D eigenvalue weighted by atomic mass is 9.95. The second-order valence-electron chi connectivity index (χ2n) is 7.72. The van der Waals surface area contributed by atoms with Crippen LogP contribution in [0.15, 0.2) is 24.3 Å². The summed E-state index contributed by atoms with van der Waals surface area (Å²) in [5.74, 6) is 0.414. The minimum Gasteiger partial charge on any atom is -0.344 e. The molecule has 0 bridgehead atoms. The molecule has 2 aromatic rings. The summed E-state index contributed by atoms with van der Waals surface area (Å²) in [6.45, 7) is 4.59. The monoisotopic (exact) mass is 338 g/mol. The predicted octanol–water partition coefficient (Wildman–Crippen LogP) is 2.53. The largest absolute Gasteiger partial charge is 0.344 e. The van der Waals surface area contributed by atoms with Crippen LogP contribution < -0.4 is 11.1 Å². The van der Waals surface area contributed by atoms with Crippen molar-refractivity contribution in [1.29, 1.82) is 0 Å². The molecule has 1 aromatic heterocycles. The minimum absolute atomic E-state index is 0.0798. The molecule has 1 unspecified atom stereocenters. The summed E-state index contributed by atoms with van der Waals surface area (Å²) in [7, 11) is 0. The molecule has 3 N–H and O–H groups in total. The summed E-state index contributed by atoms with van der Waals surface area (Å²) >= 11 is 0. The predicted molar refractivity (Wildman–Crippen MR) is 98.0 cm³/mol. The summed E-state index contributed by atoms with van der Waals surface area (Å²) < 4.78 is 1.95. The summed E-state index contributed by atoms with van der Waals surface area (Å²) in [6.07, 6.45) is 5.26. The van der Waals surface area contributed by atoms with E-state index in [0.717, 1.165) is 43.4 Å². The first kappa shape index (κ1) is 16.3. The molecule has 0 saturated heterocycles. The van der Waals surface area contributed by atoms with Crippen molar-refractivity contribution >= 4 is 5.91 Å². The number of nitrogens with zero attached hydrogens (tertiary/aromatic N) is 2. The molecule has 1 fully saturated rings. The third-order valence-corrected chi connectivity index (χ3v) is 5.73. The molecule has 1 heterocycles. The van der Waals surface area contributed by atoms with Gasteiger partial charge in [-0.3, -0.25) is 4.79 Å². The van der Waals surface area contributed by atoms with E-state index in [4.69, 9.17) is 10.8 Å². The molecule has 2 aliphatic rings.